The molecule has 196 valence electrons. The third-order valence-electron chi connectivity index (χ3n) is 5.77. The minimum atomic E-state index is -4.14. The summed E-state index contributed by atoms with van der Waals surface area (Å²) >= 11 is 6.35. The van der Waals surface area contributed by atoms with Crippen LogP contribution in [0.25, 0.3) is 0 Å². The lowest BCUT2D eigenvalue weighted by Crippen LogP contribution is -2.51. The molecule has 2 amide bonds. The van der Waals surface area contributed by atoms with E-state index in [1.807, 2.05) is 0 Å². The number of benzene rings is 3. The van der Waals surface area contributed by atoms with Crippen molar-refractivity contribution >= 4 is 39.1 Å². The van der Waals surface area contributed by atoms with Crippen molar-refractivity contribution in [2.24, 2.45) is 0 Å². The van der Waals surface area contributed by atoms with Crippen LogP contribution in [0, 0.1) is 0 Å². The van der Waals surface area contributed by atoms with Crippen molar-refractivity contribution < 1.29 is 22.7 Å². The number of anilines is 1. The number of amides is 2. The predicted molar refractivity (Wildman–Crippen MR) is 144 cm³/mol. The van der Waals surface area contributed by atoms with Crippen LogP contribution in [0.3, 0.4) is 0 Å². The van der Waals surface area contributed by atoms with E-state index in [0.717, 1.165) is 4.31 Å². The Labute approximate surface area is 222 Å². The molecule has 0 saturated carbocycles. The Hall–Kier alpha value is -3.56. The topological polar surface area (TPSA) is 96.0 Å². The summed E-state index contributed by atoms with van der Waals surface area (Å²) in [6.45, 7) is 3.24. The van der Waals surface area contributed by atoms with Gasteiger partial charge in [0, 0.05) is 24.2 Å². The average molecular weight is 544 g/mol. The molecule has 0 fully saturated rings. The molecule has 0 bridgehead atoms. The Morgan fingerprint density at radius 2 is 1.68 bits per heavy atom. The van der Waals surface area contributed by atoms with E-state index >= 15 is 0 Å². The summed E-state index contributed by atoms with van der Waals surface area (Å²) in [6, 6.07) is 20.4. The van der Waals surface area contributed by atoms with Gasteiger partial charge < -0.3 is 15.0 Å². The van der Waals surface area contributed by atoms with E-state index in [2.05, 4.69) is 5.32 Å². The quantitative estimate of drug-likeness (QED) is 0.393. The SMILES string of the molecule is CCNC(=O)[C@H](C)N(Cc1ccccc1Cl)C(=O)CN(c1cccc(OC)c1)S(=O)(=O)c1ccccc1. The van der Waals surface area contributed by atoms with Crippen LogP contribution < -0.4 is 14.4 Å². The third kappa shape index (κ3) is 6.81. The molecule has 0 aromatic heterocycles. The minimum Gasteiger partial charge on any atom is -0.497 e. The van der Waals surface area contributed by atoms with Crippen molar-refractivity contribution in [3.8, 4) is 5.75 Å². The van der Waals surface area contributed by atoms with Gasteiger partial charge in [0.05, 0.1) is 17.7 Å². The largest absolute Gasteiger partial charge is 0.497 e. The lowest BCUT2D eigenvalue weighted by atomic mass is 10.1. The van der Waals surface area contributed by atoms with Crippen LogP contribution in [0.5, 0.6) is 5.75 Å². The van der Waals surface area contributed by atoms with E-state index < -0.39 is 28.5 Å². The number of nitrogens with one attached hydrogen (secondary N) is 1. The second kappa shape index (κ2) is 12.6. The van der Waals surface area contributed by atoms with Crippen molar-refractivity contribution in [3.63, 3.8) is 0 Å². The third-order valence-corrected chi connectivity index (χ3v) is 7.93. The molecular formula is C27H30ClN3O5S. The average Bonchev–Trinajstić information content (AvgIpc) is 2.91. The van der Waals surface area contributed by atoms with Crippen LogP contribution in [0.2, 0.25) is 5.02 Å². The fourth-order valence-electron chi connectivity index (χ4n) is 3.73. The number of halogens is 1. The van der Waals surface area contributed by atoms with Gasteiger partial charge in [0.2, 0.25) is 11.8 Å². The molecule has 0 saturated heterocycles. The van der Waals surface area contributed by atoms with Gasteiger partial charge in [0.15, 0.2) is 0 Å². The fraction of sp³-hybridized carbons (Fsp3) is 0.259. The van der Waals surface area contributed by atoms with Gasteiger partial charge in [-0.25, -0.2) is 8.42 Å². The van der Waals surface area contributed by atoms with E-state index in [1.165, 1.54) is 24.1 Å². The Kier molecular flexibility index (Phi) is 9.54. The number of rotatable bonds is 11. The summed E-state index contributed by atoms with van der Waals surface area (Å²) in [5.41, 5.74) is 0.882. The van der Waals surface area contributed by atoms with E-state index in [4.69, 9.17) is 16.3 Å². The highest BCUT2D eigenvalue weighted by Crippen LogP contribution is 2.28. The molecule has 3 rings (SSSR count). The molecule has 0 unspecified atom stereocenters. The van der Waals surface area contributed by atoms with Crippen molar-refractivity contribution in [2.45, 2.75) is 31.3 Å². The number of methoxy groups -OCH3 is 1. The summed E-state index contributed by atoms with van der Waals surface area (Å²) in [6.07, 6.45) is 0. The summed E-state index contributed by atoms with van der Waals surface area (Å²) in [7, 11) is -2.67. The highest BCUT2D eigenvalue weighted by molar-refractivity contribution is 7.92. The van der Waals surface area contributed by atoms with E-state index in [9.17, 15) is 18.0 Å². The number of carbonyl (C=O) groups is 2. The summed E-state index contributed by atoms with van der Waals surface area (Å²) < 4.78 is 33.8. The maximum atomic E-state index is 13.8. The summed E-state index contributed by atoms with van der Waals surface area (Å²) in [4.78, 5) is 27.9. The van der Waals surface area contributed by atoms with Crippen molar-refractivity contribution in [2.75, 3.05) is 24.5 Å². The van der Waals surface area contributed by atoms with Gasteiger partial charge in [0.25, 0.3) is 10.0 Å². The summed E-state index contributed by atoms with van der Waals surface area (Å²) in [5, 5.41) is 3.16. The first-order valence-electron chi connectivity index (χ1n) is 11.7. The van der Waals surface area contributed by atoms with E-state index in [0.29, 0.717) is 22.9 Å². The number of likely N-dealkylation sites (N-methyl/N-ethyl adjacent to an activating group) is 1. The Bertz CT molecular complexity index is 1330. The monoisotopic (exact) mass is 543 g/mol. The smallest absolute Gasteiger partial charge is 0.264 e. The second-order valence-corrected chi connectivity index (χ2v) is 10.5. The number of hydrogen-bond acceptors (Lipinski definition) is 5. The number of ether oxygens (including phenoxy) is 1. The Balaban J connectivity index is 2.05. The lowest BCUT2D eigenvalue weighted by molar-refractivity contribution is -0.139. The highest BCUT2D eigenvalue weighted by Gasteiger charge is 2.32. The first-order chi connectivity index (χ1) is 17.7. The van der Waals surface area contributed by atoms with Crippen LogP contribution in [-0.4, -0.2) is 51.4 Å². The molecule has 3 aromatic carbocycles. The number of nitrogens with zero attached hydrogens (tertiary/aromatic N) is 2. The van der Waals surface area contributed by atoms with Crippen LogP contribution >= 0.6 is 11.6 Å². The predicted octanol–water partition coefficient (Wildman–Crippen LogP) is 4.10. The second-order valence-electron chi connectivity index (χ2n) is 8.21. The van der Waals surface area contributed by atoms with Gasteiger partial charge in [-0.2, -0.15) is 0 Å². The molecule has 8 nitrogen and oxygen atoms in total. The standard InChI is InChI=1S/C27H30ClN3O5S/c1-4-29-27(33)20(2)30(18-21-11-8-9-16-25(21)28)26(32)19-31(22-12-10-13-23(17-22)36-3)37(34,35)24-14-6-5-7-15-24/h5-17,20H,4,18-19H2,1-3H3,(H,29,33)/t20-/m0/s1. The maximum absolute atomic E-state index is 13.8. The van der Waals surface area contributed by atoms with E-state index in [-0.39, 0.29) is 23.0 Å². The van der Waals surface area contributed by atoms with Crippen LogP contribution in [0.4, 0.5) is 5.69 Å². The zero-order chi connectivity index (χ0) is 27.0. The van der Waals surface area contributed by atoms with Gasteiger partial charge in [-0.3, -0.25) is 13.9 Å². The molecule has 37 heavy (non-hydrogen) atoms. The molecule has 0 aliphatic rings. The van der Waals surface area contributed by atoms with Gasteiger partial charge in [-0.1, -0.05) is 54.1 Å². The summed E-state index contributed by atoms with van der Waals surface area (Å²) in [5.74, 6) is -0.496. The normalized spacial score (nSPS) is 11.9. The molecule has 0 radical (unpaired) electrons. The zero-order valence-corrected chi connectivity index (χ0v) is 22.5. The van der Waals surface area contributed by atoms with Crippen LogP contribution in [0.1, 0.15) is 19.4 Å². The number of hydrogen-bond donors (Lipinski definition) is 1. The van der Waals surface area contributed by atoms with Crippen LogP contribution in [-0.2, 0) is 26.2 Å². The number of carbonyl (C=O) groups excluding carboxylic acids is 2. The molecule has 1 atom stereocenters. The molecular weight excluding hydrogens is 514 g/mol. The molecule has 1 N–H and O–H groups in total. The molecule has 0 spiro atoms. The zero-order valence-electron chi connectivity index (χ0n) is 20.9. The van der Waals surface area contributed by atoms with Gasteiger partial charge in [0.1, 0.15) is 18.3 Å². The molecule has 3 aromatic rings. The Morgan fingerprint density at radius 1 is 1.00 bits per heavy atom. The van der Waals surface area contributed by atoms with Crippen LogP contribution in [0.15, 0.2) is 83.8 Å². The first kappa shape index (κ1) is 28.0. The number of sulfonamides is 1. The minimum absolute atomic E-state index is 0.0220. The van der Waals surface area contributed by atoms with Crippen molar-refractivity contribution in [3.05, 3.63) is 89.4 Å². The Morgan fingerprint density at radius 3 is 2.32 bits per heavy atom. The molecule has 0 aliphatic heterocycles. The molecule has 0 heterocycles. The van der Waals surface area contributed by atoms with Crippen molar-refractivity contribution in [1.29, 1.82) is 0 Å². The highest BCUT2D eigenvalue weighted by atomic mass is 35.5. The van der Waals surface area contributed by atoms with Crippen molar-refractivity contribution in [1.82, 2.24) is 10.2 Å². The van der Waals surface area contributed by atoms with E-state index in [1.54, 1.807) is 80.6 Å². The lowest BCUT2D eigenvalue weighted by Gasteiger charge is -2.32. The maximum Gasteiger partial charge on any atom is 0.264 e. The fourth-order valence-corrected chi connectivity index (χ4v) is 5.35. The molecule has 10 heteroatoms. The van der Waals surface area contributed by atoms with Gasteiger partial charge in [-0.05, 0) is 49.7 Å². The van der Waals surface area contributed by atoms with Gasteiger partial charge >= 0.3 is 0 Å². The first-order valence-corrected chi connectivity index (χ1v) is 13.5. The van der Waals surface area contributed by atoms with Gasteiger partial charge in [-0.15, -0.1) is 0 Å². The molecule has 0 aliphatic carbocycles.